The van der Waals surface area contributed by atoms with E-state index in [2.05, 4.69) is 25.6 Å². The van der Waals surface area contributed by atoms with Gasteiger partial charge in [0.1, 0.15) is 5.65 Å². The Morgan fingerprint density at radius 1 is 1.26 bits per heavy atom. The fourth-order valence-corrected chi connectivity index (χ4v) is 2.41. The van der Waals surface area contributed by atoms with Crippen molar-refractivity contribution in [2.45, 2.75) is 18.9 Å². The van der Waals surface area contributed by atoms with Gasteiger partial charge in [-0.25, -0.2) is 9.78 Å². The molecular weight excluding hydrogens is 345 g/mol. The van der Waals surface area contributed by atoms with Crippen molar-refractivity contribution in [1.82, 2.24) is 25.6 Å². The minimum atomic E-state index is -0.620. The van der Waals surface area contributed by atoms with E-state index < -0.39 is 11.2 Å². The van der Waals surface area contributed by atoms with Gasteiger partial charge in [0.2, 0.25) is 0 Å². The molecule has 4 N–H and O–H groups in total. The molecule has 2 aromatic heterocycles. The highest BCUT2D eigenvalue weighted by Gasteiger charge is 2.17. The molecule has 0 aliphatic carbocycles. The van der Waals surface area contributed by atoms with Crippen LogP contribution in [0.15, 0.2) is 21.9 Å². The summed E-state index contributed by atoms with van der Waals surface area (Å²) in [6, 6.07) is 1.51. The van der Waals surface area contributed by atoms with Gasteiger partial charge in [0.15, 0.2) is 0 Å². The first-order valence-corrected chi connectivity index (χ1v) is 6.77. The lowest BCUT2D eigenvalue weighted by Crippen LogP contribution is -2.45. The number of hydrogen-bond donors (Lipinski definition) is 4. The van der Waals surface area contributed by atoms with Crippen LogP contribution in [0.2, 0.25) is 0 Å². The summed E-state index contributed by atoms with van der Waals surface area (Å²) in [6.07, 6.45) is 3.29. The Balaban J connectivity index is 0.00000132. The summed E-state index contributed by atoms with van der Waals surface area (Å²) in [7, 11) is 0. The Morgan fingerprint density at radius 3 is 2.74 bits per heavy atom. The van der Waals surface area contributed by atoms with Crippen LogP contribution in [0.4, 0.5) is 0 Å². The Bertz CT molecular complexity index is 798. The van der Waals surface area contributed by atoms with Crippen molar-refractivity contribution in [3.8, 4) is 0 Å². The summed E-state index contributed by atoms with van der Waals surface area (Å²) < 4.78 is 0. The van der Waals surface area contributed by atoms with Crippen molar-refractivity contribution in [1.29, 1.82) is 0 Å². The van der Waals surface area contributed by atoms with Gasteiger partial charge in [-0.3, -0.25) is 19.6 Å². The molecule has 0 saturated carbocycles. The van der Waals surface area contributed by atoms with Crippen molar-refractivity contribution >= 4 is 41.8 Å². The number of halogens is 2. The second kappa shape index (κ2) is 8.09. The maximum Gasteiger partial charge on any atom is 0.327 e. The molecule has 3 heterocycles. The lowest BCUT2D eigenvalue weighted by Gasteiger charge is -2.23. The van der Waals surface area contributed by atoms with Gasteiger partial charge < -0.3 is 10.6 Å². The molecule has 10 heteroatoms. The largest absolute Gasteiger partial charge is 0.348 e. The van der Waals surface area contributed by atoms with Gasteiger partial charge in [0, 0.05) is 18.8 Å². The molecule has 1 saturated heterocycles. The van der Waals surface area contributed by atoms with Gasteiger partial charge in [-0.05, 0) is 25.5 Å². The topological polar surface area (TPSA) is 120 Å². The Hall–Kier alpha value is -1.90. The number of piperidine rings is 1. The number of rotatable bonds is 2. The van der Waals surface area contributed by atoms with Crippen LogP contribution in [0.3, 0.4) is 0 Å². The lowest BCUT2D eigenvalue weighted by molar-refractivity contribution is 0.0930. The molecule has 3 rings (SSSR count). The predicted octanol–water partition coefficient (Wildman–Crippen LogP) is -0.0632. The maximum atomic E-state index is 12.2. The van der Waals surface area contributed by atoms with Crippen LogP contribution < -0.4 is 21.9 Å². The molecule has 1 atom stereocenters. The van der Waals surface area contributed by atoms with Crippen molar-refractivity contribution in [3.05, 3.63) is 38.7 Å². The van der Waals surface area contributed by atoms with Crippen molar-refractivity contribution in [3.63, 3.8) is 0 Å². The van der Waals surface area contributed by atoms with Crippen LogP contribution in [-0.2, 0) is 0 Å². The first kappa shape index (κ1) is 19.1. The Morgan fingerprint density at radius 2 is 2.04 bits per heavy atom. The standard InChI is InChI=1S/C13H15N5O3.2ClH/c19-11(16-8-2-1-3-14-6-8)7-4-9-10(15-5-7)17-13(21)18-12(9)20;;/h4-5,8,14H,1-3,6H2,(H,16,19)(H2,15,17,18,20,21);2*1H/t8-;;/m0../s1. The molecule has 0 radical (unpaired) electrons. The number of H-pyrrole nitrogens is 2. The number of amides is 1. The van der Waals surface area contributed by atoms with Crippen molar-refractivity contribution < 1.29 is 4.79 Å². The number of fused-ring (bicyclic) bond motifs is 1. The molecule has 1 aliphatic rings. The van der Waals surface area contributed by atoms with Crippen LogP contribution in [-0.4, -0.2) is 40.0 Å². The molecule has 1 aliphatic heterocycles. The number of carbonyl (C=O) groups excluding carboxylic acids is 1. The fourth-order valence-electron chi connectivity index (χ4n) is 2.41. The van der Waals surface area contributed by atoms with Crippen LogP contribution in [0.1, 0.15) is 23.2 Å². The molecule has 8 nitrogen and oxygen atoms in total. The molecule has 23 heavy (non-hydrogen) atoms. The third kappa shape index (κ3) is 4.31. The third-order valence-electron chi connectivity index (χ3n) is 3.49. The number of pyridine rings is 1. The van der Waals surface area contributed by atoms with E-state index in [0.29, 0.717) is 5.56 Å². The molecule has 1 amide bonds. The highest BCUT2D eigenvalue weighted by Crippen LogP contribution is 2.07. The lowest BCUT2D eigenvalue weighted by atomic mass is 10.1. The second-order valence-electron chi connectivity index (χ2n) is 5.05. The average molecular weight is 362 g/mol. The highest BCUT2D eigenvalue weighted by molar-refractivity contribution is 5.96. The molecule has 0 unspecified atom stereocenters. The summed E-state index contributed by atoms with van der Waals surface area (Å²) in [5, 5.41) is 6.30. The van der Waals surface area contributed by atoms with Gasteiger partial charge in [0.25, 0.3) is 11.5 Å². The van der Waals surface area contributed by atoms with Crippen molar-refractivity contribution in [2.24, 2.45) is 0 Å². The van der Waals surface area contributed by atoms with Gasteiger partial charge in [-0.2, -0.15) is 0 Å². The quantitative estimate of drug-likeness (QED) is 0.597. The van der Waals surface area contributed by atoms with E-state index in [1.165, 1.54) is 12.3 Å². The monoisotopic (exact) mass is 361 g/mol. The third-order valence-corrected chi connectivity index (χ3v) is 3.49. The van der Waals surface area contributed by atoms with E-state index in [9.17, 15) is 14.4 Å². The van der Waals surface area contributed by atoms with Crippen LogP contribution >= 0.6 is 24.8 Å². The van der Waals surface area contributed by atoms with E-state index in [1.54, 1.807) is 0 Å². The molecule has 0 bridgehead atoms. The van der Waals surface area contributed by atoms with Crippen LogP contribution in [0.5, 0.6) is 0 Å². The summed E-state index contributed by atoms with van der Waals surface area (Å²) in [6.45, 7) is 1.70. The minimum Gasteiger partial charge on any atom is -0.348 e. The fraction of sp³-hybridized carbons (Fsp3) is 0.385. The number of aromatic amines is 2. The zero-order valence-electron chi connectivity index (χ0n) is 12.0. The van der Waals surface area contributed by atoms with E-state index in [0.717, 1.165) is 25.9 Å². The van der Waals surface area contributed by atoms with Crippen LogP contribution in [0, 0.1) is 0 Å². The van der Waals surface area contributed by atoms with E-state index in [-0.39, 0.29) is 47.8 Å². The molecule has 126 valence electrons. The van der Waals surface area contributed by atoms with E-state index in [1.807, 2.05) is 0 Å². The molecule has 0 aromatic carbocycles. The van der Waals surface area contributed by atoms with Gasteiger partial charge in [-0.15, -0.1) is 24.8 Å². The van der Waals surface area contributed by atoms with E-state index in [4.69, 9.17) is 0 Å². The zero-order valence-corrected chi connectivity index (χ0v) is 13.7. The Kier molecular flexibility index (Phi) is 6.74. The number of nitrogens with one attached hydrogen (secondary N) is 4. The molecular formula is C13H17Cl2N5O3. The summed E-state index contributed by atoms with van der Waals surface area (Å²) in [4.78, 5) is 43.5. The smallest absolute Gasteiger partial charge is 0.327 e. The van der Waals surface area contributed by atoms with Crippen molar-refractivity contribution in [2.75, 3.05) is 13.1 Å². The SMILES string of the molecule is Cl.Cl.O=C(N[C@H]1CCCNC1)c1cnc2[nH]c(=O)[nH]c(=O)c2c1. The van der Waals surface area contributed by atoms with Gasteiger partial charge in [-0.1, -0.05) is 0 Å². The minimum absolute atomic E-state index is 0. The predicted molar refractivity (Wildman–Crippen MR) is 90.8 cm³/mol. The van der Waals surface area contributed by atoms with Crippen LogP contribution in [0.25, 0.3) is 11.0 Å². The molecule has 1 fully saturated rings. The Labute approximate surface area is 143 Å². The highest BCUT2D eigenvalue weighted by atomic mass is 35.5. The zero-order chi connectivity index (χ0) is 14.8. The number of nitrogens with zero attached hydrogens (tertiary/aromatic N) is 1. The number of hydrogen-bond acceptors (Lipinski definition) is 5. The summed E-state index contributed by atoms with van der Waals surface area (Å²) >= 11 is 0. The molecule has 2 aromatic rings. The van der Waals surface area contributed by atoms with E-state index >= 15 is 0 Å². The first-order chi connectivity index (χ1) is 10.1. The average Bonchev–Trinajstić information content (AvgIpc) is 2.47. The van der Waals surface area contributed by atoms with Gasteiger partial charge in [0.05, 0.1) is 10.9 Å². The normalized spacial score (nSPS) is 17.0. The second-order valence-corrected chi connectivity index (χ2v) is 5.05. The summed E-state index contributed by atoms with van der Waals surface area (Å²) in [5.41, 5.74) is -0.717. The van der Waals surface area contributed by atoms with Gasteiger partial charge >= 0.3 is 5.69 Å². The number of carbonyl (C=O) groups is 1. The summed E-state index contributed by atoms with van der Waals surface area (Å²) in [5.74, 6) is -0.274. The maximum absolute atomic E-state index is 12.2. The number of aromatic nitrogens is 3. The molecule has 0 spiro atoms. The first-order valence-electron chi connectivity index (χ1n) is 6.77.